The van der Waals surface area contributed by atoms with E-state index in [0.717, 1.165) is 13.2 Å². The molecule has 0 aromatic carbocycles. The van der Waals surface area contributed by atoms with Crippen molar-refractivity contribution in [2.24, 2.45) is 0 Å². The van der Waals surface area contributed by atoms with Crippen LogP contribution in [0, 0.1) is 0 Å². The zero-order chi connectivity index (χ0) is 9.80. The molecule has 1 aliphatic carbocycles. The predicted molar refractivity (Wildman–Crippen MR) is 55.4 cm³/mol. The van der Waals surface area contributed by atoms with Crippen LogP contribution in [0.15, 0.2) is 0 Å². The molecule has 0 aromatic heterocycles. The SMILES string of the molecule is COC1CCC(NC2CCCOC2)C1. The van der Waals surface area contributed by atoms with E-state index < -0.39 is 0 Å². The summed E-state index contributed by atoms with van der Waals surface area (Å²) in [6.07, 6.45) is 6.60. The van der Waals surface area contributed by atoms with Crippen LogP contribution in [0.3, 0.4) is 0 Å². The molecule has 3 heteroatoms. The van der Waals surface area contributed by atoms with Gasteiger partial charge in [-0.2, -0.15) is 0 Å². The molecule has 82 valence electrons. The maximum atomic E-state index is 5.45. The molecule has 1 saturated carbocycles. The van der Waals surface area contributed by atoms with Crippen LogP contribution in [0.5, 0.6) is 0 Å². The minimum Gasteiger partial charge on any atom is -0.381 e. The minimum absolute atomic E-state index is 0.483. The van der Waals surface area contributed by atoms with E-state index in [1.54, 1.807) is 0 Å². The first-order valence-corrected chi connectivity index (χ1v) is 5.75. The van der Waals surface area contributed by atoms with Gasteiger partial charge in [0.2, 0.25) is 0 Å². The van der Waals surface area contributed by atoms with Crippen LogP contribution >= 0.6 is 0 Å². The quantitative estimate of drug-likeness (QED) is 0.743. The third-order valence-electron chi connectivity index (χ3n) is 3.35. The summed E-state index contributed by atoms with van der Waals surface area (Å²) in [4.78, 5) is 0. The molecule has 3 atom stereocenters. The first-order chi connectivity index (χ1) is 6.88. The molecular weight excluding hydrogens is 178 g/mol. The summed E-state index contributed by atoms with van der Waals surface area (Å²) < 4.78 is 10.8. The summed E-state index contributed by atoms with van der Waals surface area (Å²) in [5, 5.41) is 3.68. The van der Waals surface area contributed by atoms with Crippen molar-refractivity contribution in [3.63, 3.8) is 0 Å². The van der Waals surface area contributed by atoms with E-state index >= 15 is 0 Å². The molecule has 1 saturated heterocycles. The van der Waals surface area contributed by atoms with Crippen LogP contribution < -0.4 is 5.32 Å². The van der Waals surface area contributed by atoms with Gasteiger partial charge in [-0.1, -0.05) is 0 Å². The van der Waals surface area contributed by atoms with E-state index in [9.17, 15) is 0 Å². The van der Waals surface area contributed by atoms with Crippen LogP contribution in [0.4, 0.5) is 0 Å². The number of nitrogens with one attached hydrogen (secondary N) is 1. The number of rotatable bonds is 3. The average molecular weight is 199 g/mol. The fraction of sp³-hybridized carbons (Fsp3) is 1.00. The fourth-order valence-corrected chi connectivity index (χ4v) is 2.51. The topological polar surface area (TPSA) is 30.5 Å². The lowest BCUT2D eigenvalue weighted by atomic mass is 10.1. The summed E-state index contributed by atoms with van der Waals surface area (Å²) >= 11 is 0. The summed E-state index contributed by atoms with van der Waals surface area (Å²) in [6, 6.07) is 1.25. The Bertz CT molecular complexity index is 169. The van der Waals surface area contributed by atoms with Gasteiger partial charge in [0.15, 0.2) is 0 Å². The van der Waals surface area contributed by atoms with E-state index in [-0.39, 0.29) is 0 Å². The first-order valence-electron chi connectivity index (χ1n) is 5.75. The van der Waals surface area contributed by atoms with Crippen molar-refractivity contribution < 1.29 is 9.47 Å². The van der Waals surface area contributed by atoms with E-state index in [1.807, 2.05) is 7.11 Å². The second kappa shape index (κ2) is 5.10. The lowest BCUT2D eigenvalue weighted by Gasteiger charge is -2.26. The maximum Gasteiger partial charge on any atom is 0.0619 e. The zero-order valence-corrected chi connectivity index (χ0v) is 9.00. The second-order valence-corrected chi connectivity index (χ2v) is 4.45. The van der Waals surface area contributed by atoms with Gasteiger partial charge in [0.05, 0.1) is 12.7 Å². The van der Waals surface area contributed by atoms with Gasteiger partial charge in [-0.3, -0.25) is 0 Å². The highest BCUT2D eigenvalue weighted by Gasteiger charge is 2.26. The highest BCUT2D eigenvalue weighted by atomic mass is 16.5. The highest BCUT2D eigenvalue weighted by molar-refractivity contribution is 4.84. The number of ether oxygens (including phenoxy) is 2. The summed E-state index contributed by atoms with van der Waals surface area (Å²) in [6.45, 7) is 1.84. The van der Waals surface area contributed by atoms with Crippen molar-refractivity contribution in [3.8, 4) is 0 Å². The van der Waals surface area contributed by atoms with Gasteiger partial charge >= 0.3 is 0 Å². The smallest absolute Gasteiger partial charge is 0.0619 e. The lowest BCUT2D eigenvalue weighted by molar-refractivity contribution is 0.0643. The Labute approximate surface area is 86.2 Å². The van der Waals surface area contributed by atoms with E-state index in [0.29, 0.717) is 18.2 Å². The predicted octanol–water partition coefficient (Wildman–Crippen LogP) is 1.32. The Hall–Kier alpha value is -0.120. The first kappa shape index (κ1) is 10.4. The summed E-state index contributed by atoms with van der Waals surface area (Å²) in [7, 11) is 1.82. The van der Waals surface area contributed by atoms with Gasteiger partial charge in [0.25, 0.3) is 0 Å². The molecule has 0 bridgehead atoms. The van der Waals surface area contributed by atoms with Gasteiger partial charge in [-0.05, 0) is 32.1 Å². The summed E-state index contributed by atoms with van der Waals surface area (Å²) in [5.74, 6) is 0. The van der Waals surface area contributed by atoms with Crippen LogP contribution in [-0.2, 0) is 9.47 Å². The Morgan fingerprint density at radius 2 is 2.14 bits per heavy atom. The minimum atomic E-state index is 0.483. The number of hydrogen-bond donors (Lipinski definition) is 1. The van der Waals surface area contributed by atoms with Crippen LogP contribution in [-0.4, -0.2) is 38.5 Å². The van der Waals surface area contributed by atoms with Crippen molar-refractivity contribution in [1.29, 1.82) is 0 Å². The van der Waals surface area contributed by atoms with Crippen molar-refractivity contribution in [2.75, 3.05) is 20.3 Å². The molecule has 1 aliphatic heterocycles. The molecule has 1 heterocycles. The molecule has 0 radical (unpaired) electrons. The lowest BCUT2D eigenvalue weighted by Crippen LogP contribution is -2.42. The van der Waals surface area contributed by atoms with Crippen LogP contribution in [0.1, 0.15) is 32.1 Å². The van der Waals surface area contributed by atoms with E-state index in [2.05, 4.69) is 5.32 Å². The van der Waals surface area contributed by atoms with Gasteiger partial charge in [-0.15, -0.1) is 0 Å². The Morgan fingerprint density at radius 1 is 1.21 bits per heavy atom. The average Bonchev–Trinajstić information content (AvgIpc) is 2.67. The molecule has 2 rings (SSSR count). The maximum absolute atomic E-state index is 5.45. The molecule has 2 aliphatic rings. The van der Waals surface area contributed by atoms with Gasteiger partial charge in [0, 0.05) is 25.8 Å². The zero-order valence-electron chi connectivity index (χ0n) is 9.00. The molecular formula is C11H21NO2. The van der Waals surface area contributed by atoms with Crippen molar-refractivity contribution in [1.82, 2.24) is 5.32 Å². The van der Waals surface area contributed by atoms with Gasteiger partial charge in [-0.25, -0.2) is 0 Å². The van der Waals surface area contributed by atoms with E-state index in [4.69, 9.17) is 9.47 Å². The normalized spacial score (nSPS) is 38.8. The second-order valence-electron chi connectivity index (χ2n) is 4.45. The monoisotopic (exact) mass is 199 g/mol. The van der Waals surface area contributed by atoms with Crippen LogP contribution in [0.25, 0.3) is 0 Å². The number of methoxy groups -OCH3 is 1. The third kappa shape index (κ3) is 2.69. The Balaban J connectivity index is 1.69. The fourth-order valence-electron chi connectivity index (χ4n) is 2.51. The molecule has 3 unspecified atom stereocenters. The Morgan fingerprint density at radius 3 is 2.79 bits per heavy atom. The van der Waals surface area contributed by atoms with Crippen LogP contribution in [0.2, 0.25) is 0 Å². The van der Waals surface area contributed by atoms with Crippen molar-refractivity contribution in [2.45, 2.75) is 50.3 Å². The summed E-state index contributed by atoms with van der Waals surface area (Å²) in [5.41, 5.74) is 0. The molecule has 0 aromatic rings. The van der Waals surface area contributed by atoms with Gasteiger partial charge < -0.3 is 14.8 Å². The van der Waals surface area contributed by atoms with Gasteiger partial charge in [0.1, 0.15) is 0 Å². The van der Waals surface area contributed by atoms with E-state index in [1.165, 1.54) is 32.1 Å². The largest absolute Gasteiger partial charge is 0.381 e. The molecule has 2 fully saturated rings. The van der Waals surface area contributed by atoms with Crippen molar-refractivity contribution >= 4 is 0 Å². The standard InChI is InChI=1S/C11H21NO2/c1-13-11-5-4-9(7-11)12-10-3-2-6-14-8-10/h9-12H,2-8H2,1H3. The molecule has 0 spiro atoms. The Kier molecular flexibility index (Phi) is 3.79. The molecule has 14 heavy (non-hydrogen) atoms. The third-order valence-corrected chi connectivity index (χ3v) is 3.35. The highest BCUT2D eigenvalue weighted by Crippen LogP contribution is 2.22. The molecule has 1 N–H and O–H groups in total. The molecule has 0 amide bonds. The number of hydrogen-bond acceptors (Lipinski definition) is 3. The molecule has 3 nitrogen and oxygen atoms in total. The van der Waals surface area contributed by atoms with Crippen molar-refractivity contribution in [3.05, 3.63) is 0 Å².